The second-order valence-corrected chi connectivity index (χ2v) is 8.11. The zero-order chi connectivity index (χ0) is 21.1. The fraction of sp³-hybridized carbons (Fsp3) is 0.320. The molecule has 1 saturated heterocycles. The molecular formula is C25H27N3O2. The number of rotatable bonds is 3. The van der Waals surface area contributed by atoms with Crippen molar-refractivity contribution in [1.29, 1.82) is 0 Å². The summed E-state index contributed by atoms with van der Waals surface area (Å²) in [5.41, 5.74) is 1.36. The van der Waals surface area contributed by atoms with Gasteiger partial charge in [-0.15, -0.1) is 0 Å². The zero-order valence-electron chi connectivity index (χ0n) is 17.5. The summed E-state index contributed by atoms with van der Waals surface area (Å²) in [5.74, 6) is -0.230. The van der Waals surface area contributed by atoms with Gasteiger partial charge in [-0.3, -0.25) is 19.1 Å². The van der Waals surface area contributed by atoms with Crippen molar-refractivity contribution in [3.05, 3.63) is 77.9 Å². The van der Waals surface area contributed by atoms with E-state index in [1.165, 1.54) is 0 Å². The third-order valence-electron chi connectivity index (χ3n) is 5.54. The molecule has 30 heavy (non-hydrogen) atoms. The van der Waals surface area contributed by atoms with Crippen molar-refractivity contribution in [2.45, 2.75) is 32.7 Å². The Morgan fingerprint density at radius 1 is 1.00 bits per heavy atom. The SMILES string of the molecule is CC(C)N=c1ccccn1C(=O)C1CCCN(C(=O)c2cccc3ccccc23)C1. The van der Waals surface area contributed by atoms with E-state index >= 15 is 0 Å². The average molecular weight is 402 g/mol. The Morgan fingerprint density at radius 3 is 2.60 bits per heavy atom. The molecule has 5 nitrogen and oxygen atoms in total. The number of hydrogen-bond acceptors (Lipinski definition) is 3. The highest BCUT2D eigenvalue weighted by atomic mass is 16.2. The van der Waals surface area contributed by atoms with Gasteiger partial charge in [0.1, 0.15) is 5.49 Å². The first-order valence-corrected chi connectivity index (χ1v) is 10.6. The van der Waals surface area contributed by atoms with E-state index in [0.29, 0.717) is 24.1 Å². The monoisotopic (exact) mass is 401 g/mol. The van der Waals surface area contributed by atoms with Gasteiger partial charge in [0.25, 0.3) is 5.91 Å². The van der Waals surface area contributed by atoms with Gasteiger partial charge in [-0.25, -0.2) is 0 Å². The van der Waals surface area contributed by atoms with E-state index in [9.17, 15) is 9.59 Å². The second kappa shape index (κ2) is 8.66. The molecule has 154 valence electrons. The Kier molecular flexibility index (Phi) is 5.79. The zero-order valence-corrected chi connectivity index (χ0v) is 17.5. The van der Waals surface area contributed by atoms with Crippen molar-refractivity contribution in [1.82, 2.24) is 9.47 Å². The van der Waals surface area contributed by atoms with E-state index in [2.05, 4.69) is 4.99 Å². The molecule has 4 rings (SSSR count). The summed E-state index contributed by atoms with van der Waals surface area (Å²) in [6, 6.07) is 19.4. The number of fused-ring (bicyclic) bond motifs is 1. The quantitative estimate of drug-likeness (QED) is 0.662. The summed E-state index contributed by atoms with van der Waals surface area (Å²) < 4.78 is 1.64. The first-order valence-electron chi connectivity index (χ1n) is 10.6. The second-order valence-electron chi connectivity index (χ2n) is 8.11. The third kappa shape index (κ3) is 4.06. The highest BCUT2D eigenvalue weighted by Gasteiger charge is 2.30. The molecule has 0 spiro atoms. The van der Waals surface area contributed by atoms with E-state index in [1.807, 2.05) is 79.4 Å². The molecule has 1 fully saturated rings. The molecule has 0 aliphatic carbocycles. The standard InChI is InChI=1S/C25H27N3O2/c1-18(2)26-23-14-5-6-16-28(23)24(29)20-11-8-15-27(17-20)25(30)22-13-7-10-19-9-3-4-12-21(19)22/h3-7,9-10,12-14,16,18,20H,8,11,15,17H2,1-2H3. The van der Waals surface area contributed by atoms with Crippen LogP contribution in [0.4, 0.5) is 0 Å². The van der Waals surface area contributed by atoms with Gasteiger partial charge >= 0.3 is 0 Å². The number of hydrogen-bond donors (Lipinski definition) is 0. The summed E-state index contributed by atoms with van der Waals surface area (Å²) in [6.45, 7) is 5.10. The van der Waals surface area contributed by atoms with Crippen LogP contribution in [0, 0.1) is 5.92 Å². The summed E-state index contributed by atoms with van der Waals surface area (Å²) in [6.07, 6.45) is 3.37. The molecule has 2 heterocycles. The van der Waals surface area contributed by atoms with E-state index in [-0.39, 0.29) is 23.8 Å². The van der Waals surface area contributed by atoms with E-state index < -0.39 is 0 Å². The molecule has 2 aromatic carbocycles. The minimum Gasteiger partial charge on any atom is -0.338 e. The number of amides is 1. The molecule has 0 bridgehead atoms. The van der Waals surface area contributed by atoms with Crippen molar-refractivity contribution in [2.75, 3.05) is 13.1 Å². The van der Waals surface area contributed by atoms with Crippen LogP contribution in [0.5, 0.6) is 0 Å². The molecule has 1 unspecified atom stereocenters. The van der Waals surface area contributed by atoms with Gasteiger partial charge in [0.15, 0.2) is 0 Å². The lowest BCUT2D eigenvalue weighted by molar-refractivity contribution is 0.0604. The van der Waals surface area contributed by atoms with Crippen LogP contribution >= 0.6 is 0 Å². The smallest absolute Gasteiger partial charge is 0.254 e. The number of pyridine rings is 1. The molecule has 5 heteroatoms. The lowest BCUT2D eigenvalue weighted by atomic mass is 9.95. The first kappa shape index (κ1) is 20.1. The normalized spacial score (nSPS) is 17.5. The molecule has 0 N–H and O–H groups in total. The summed E-state index contributed by atoms with van der Waals surface area (Å²) in [4.78, 5) is 33.0. The highest BCUT2D eigenvalue weighted by Crippen LogP contribution is 2.24. The Labute approximate surface area is 176 Å². The Hall–Kier alpha value is -3.21. The van der Waals surface area contributed by atoms with Crippen LogP contribution in [0.25, 0.3) is 10.8 Å². The van der Waals surface area contributed by atoms with Gasteiger partial charge in [-0.1, -0.05) is 42.5 Å². The van der Waals surface area contributed by atoms with Crippen molar-refractivity contribution >= 4 is 22.6 Å². The number of carbonyl (C=O) groups is 2. The Balaban J connectivity index is 1.60. The maximum Gasteiger partial charge on any atom is 0.254 e. The molecule has 1 aliphatic rings. The fourth-order valence-electron chi connectivity index (χ4n) is 4.13. The Bertz CT molecular complexity index is 1140. The Morgan fingerprint density at radius 2 is 1.77 bits per heavy atom. The largest absolute Gasteiger partial charge is 0.338 e. The molecule has 1 aliphatic heterocycles. The van der Waals surface area contributed by atoms with Crippen LogP contribution < -0.4 is 5.49 Å². The van der Waals surface area contributed by atoms with Crippen molar-refractivity contribution in [3.8, 4) is 0 Å². The minimum atomic E-state index is -0.230. The van der Waals surface area contributed by atoms with E-state index in [4.69, 9.17) is 0 Å². The molecule has 0 saturated carbocycles. The van der Waals surface area contributed by atoms with Crippen LogP contribution in [-0.4, -0.2) is 40.4 Å². The lowest BCUT2D eigenvalue weighted by Gasteiger charge is -2.32. The molecule has 0 radical (unpaired) electrons. The maximum absolute atomic E-state index is 13.3. The minimum absolute atomic E-state index is 0.00502. The molecular weight excluding hydrogens is 374 g/mol. The van der Waals surface area contributed by atoms with Crippen molar-refractivity contribution in [3.63, 3.8) is 0 Å². The molecule has 1 aromatic heterocycles. The van der Waals surface area contributed by atoms with E-state index in [0.717, 1.165) is 23.6 Å². The first-order chi connectivity index (χ1) is 14.5. The van der Waals surface area contributed by atoms with Crippen molar-refractivity contribution in [2.24, 2.45) is 10.9 Å². The van der Waals surface area contributed by atoms with Crippen molar-refractivity contribution < 1.29 is 9.59 Å². The highest BCUT2D eigenvalue weighted by molar-refractivity contribution is 6.07. The van der Waals surface area contributed by atoms with Crippen LogP contribution in [0.2, 0.25) is 0 Å². The summed E-state index contributed by atoms with van der Waals surface area (Å²) in [5, 5.41) is 2.00. The molecule has 1 atom stereocenters. The van der Waals surface area contributed by atoms with Gasteiger partial charge in [0, 0.05) is 30.9 Å². The number of carbonyl (C=O) groups excluding carboxylic acids is 2. The van der Waals surface area contributed by atoms with Crippen LogP contribution in [-0.2, 0) is 0 Å². The van der Waals surface area contributed by atoms with Gasteiger partial charge in [-0.2, -0.15) is 0 Å². The van der Waals surface area contributed by atoms with Gasteiger partial charge in [0.2, 0.25) is 5.91 Å². The van der Waals surface area contributed by atoms with Gasteiger partial charge in [0.05, 0.1) is 5.92 Å². The molecule has 1 amide bonds. The summed E-state index contributed by atoms with van der Waals surface area (Å²) >= 11 is 0. The number of nitrogens with zero attached hydrogens (tertiary/aromatic N) is 3. The van der Waals surface area contributed by atoms with Crippen LogP contribution in [0.1, 0.15) is 41.8 Å². The average Bonchev–Trinajstić information content (AvgIpc) is 2.78. The molecule has 3 aromatic rings. The van der Waals surface area contributed by atoms with E-state index in [1.54, 1.807) is 10.8 Å². The van der Waals surface area contributed by atoms with Crippen LogP contribution in [0.15, 0.2) is 71.9 Å². The van der Waals surface area contributed by atoms with Crippen LogP contribution in [0.3, 0.4) is 0 Å². The third-order valence-corrected chi connectivity index (χ3v) is 5.54. The van der Waals surface area contributed by atoms with Gasteiger partial charge < -0.3 is 4.90 Å². The fourth-order valence-corrected chi connectivity index (χ4v) is 4.13. The number of piperidine rings is 1. The number of aromatic nitrogens is 1. The van der Waals surface area contributed by atoms with Gasteiger partial charge in [-0.05, 0) is 55.7 Å². The number of likely N-dealkylation sites (tertiary alicyclic amines) is 1. The predicted molar refractivity (Wildman–Crippen MR) is 118 cm³/mol. The number of benzene rings is 2. The summed E-state index contributed by atoms with van der Waals surface area (Å²) in [7, 11) is 0. The topological polar surface area (TPSA) is 54.7 Å². The lowest BCUT2D eigenvalue weighted by Crippen LogP contribution is -2.45. The predicted octanol–water partition coefficient (Wildman–Crippen LogP) is 4.14. The maximum atomic E-state index is 13.3.